The van der Waals surface area contributed by atoms with E-state index in [-0.39, 0.29) is 5.82 Å². The van der Waals surface area contributed by atoms with Crippen molar-refractivity contribution in [2.75, 3.05) is 0 Å². The first-order valence-electron chi connectivity index (χ1n) is 7.27. The van der Waals surface area contributed by atoms with Gasteiger partial charge in [0.15, 0.2) is 5.69 Å². The van der Waals surface area contributed by atoms with Gasteiger partial charge in [-0.15, -0.1) is 16.4 Å². The summed E-state index contributed by atoms with van der Waals surface area (Å²) in [5.74, 6) is -0.238. The van der Waals surface area contributed by atoms with Gasteiger partial charge in [0.1, 0.15) is 17.6 Å². The minimum Gasteiger partial charge on any atom is -0.247 e. The lowest BCUT2D eigenvalue weighted by molar-refractivity contribution is 0.630. The molecule has 1 N–H and O–H groups in total. The first kappa shape index (κ1) is 14.5. The highest BCUT2D eigenvalue weighted by molar-refractivity contribution is 7.22. The van der Waals surface area contributed by atoms with Gasteiger partial charge in [0, 0.05) is 15.1 Å². The van der Waals surface area contributed by atoms with Gasteiger partial charge in [0.05, 0.1) is 0 Å². The second-order valence-corrected chi connectivity index (χ2v) is 6.61. The number of H-pyrrole nitrogens is 1. The van der Waals surface area contributed by atoms with Crippen LogP contribution in [0.3, 0.4) is 0 Å². The number of fused-ring (bicyclic) bond motifs is 1. The molecular formula is C18H11FN4S. The summed E-state index contributed by atoms with van der Waals surface area (Å²) >= 11 is 1.61. The summed E-state index contributed by atoms with van der Waals surface area (Å²) in [5.41, 5.74) is 3.77. The Morgan fingerprint density at radius 3 is 2.79 bits per heavy atom. The van der Waals surface area contributed by atoms with Gasteiger partial charge in [-0.2, -0.15) is 5.26 Å². The summed E-state index contributed by atoms with van der Waals surface area (Å²) in [4.78, 5) is 1.04. The molecular weight excluding hydrogens is 323 g/mol. The van der Waals surface area contributed by atoms with Gasteiger partial charge in [0.25, 0.3) is 0 Å². The fourth-order valence-corrected chi connectivity index (χ4v) is 3.76. The lowest BCUT2D eigenvalue weighted by atomic mass is 10.0. The normalized spacial score (nSPS) is 10.9. The zero-order chi connectivity index (χ0) is 16.7. The van der Waals surface area contributed by atoms with Crippen LogP contribution in [-0.2, 0) is 0 Å². The number of nitriles is 1. The number of aromatic amines is 1. The van der Waals surface area contributed by atoms with Crippen LogP contribution in [0.5, 0.6) is 0 Å². The van der Waals surface area contributed by atoms with E-state index >= 15 is 0 Å². The topological polar surface area (TPSA) is 65.4 Å². The molecule has 0 aliphatic heterocycles. The Morgan fingerprint density at radius 2 is 1.96 bits per heavy atom. The molecule has 0 fully saturated rings. The molecule has 0 bridgehead atoms. The van der Waals surface area contributed by atoms with Crippen LogP contribution in [0.4, 0.5) is 4.39 Å². The number of rotatable bonds is 2. The zero-order valence-electron chi connectivity index (χ0n) is 12.7. The van der Waals surface area contributed by atoms with Gasteiger partial charge in [-0.1, -0.05) is 11.3 Å². The van der Waals surface area contributed by atoms with Gasteiger partial charge in [-0.05, 0) is 59.8 Å². The predicted molar refractivity (Wildman–Crippen MR) is 92.0 cm³/mol. The number of nitrogens with zero attached hydrogens (tertiary/aromatic N) is 3. The van der Waals surface area contributed by atoms with Crippen LogP contribution >= 0.6 is 11.3 Å². The molecule has 0 atom stereocenters. The Hall–Kier alpha value is -3.04. The van der Waals surface area contributed by atoms with Crippen LogP contribution < -0.4 is 0 Å². The molecule has 0 saturated heterocycles. The van der Waals surface area contributed by atoms with E-state index < -0.39 is 0 Å². The first-order valence-corrected chi connectivity index (χ1v) is 8.08. The summed E-state index contributed by atoms with van der Waals surface area (Å²) < 4.78 is 14.4. The number of thiophene rings is 1. The minimum absolute atomic E-state index is 0.238. The molecule has 0 spiro atoms. The molecule has 0 unspecified atom stereocenters. The van der Waals surface area contributed by atoms with E-state index in [4.69, 9.17) is 5.26 Å². The third-order valence-corrected chi connectivity index (χ3v) is 4.94. The Kier molecular flexibility index (Phi) is 3.36. The fraction of sp³-hybridized carbons (Fsp3) is 0.0556. The SMILES string of the molecule is Cc1cc(-c2cc3cc(F)ccc3s2)cc(-c2nn[nH]c2C#N)c1. The van der Waals surface area contributed by atoms with Crippen molar-refractivity contribution < 1.29 is 4.39 Å². The zero-order valence-corrected chi connectivity index (χ0v) is 13.5. The van der Waals surface area contributed by atoms with Crippen molar-refractivity contribution in [3.05, 3.63) is 59.5 Å². The van der Waals surface area contributed by atoms with E-state index in [1.165, 1.54) is 12.1 Å². The quantitative estimate of drug-likeness (QED) is 0.579. The Labute approximate surface area is 141 Å². The summed E-state index contributed by atoms with van der Waals surface area (Å²) in [5, 5.41) is 20.4. The molecule has 116 valence electrons. The highest BCUT2D eigenvalue weighted by Gasteiger charge is 2.12. The Morgan fingerprint density at radius 1 is 1.12 bits per heavy atom. The molecule has 0 saturated carbocycles. The van der Waals surface area contributed by atoms with Gasteiger partial charge < -0.3 is 0 Å². The third-order valence-electron chi connectivity index (χ3n) is 3.77. The van der Waals surface area contributed by atoms with Crippen LogP contribution in [0.1, 0.15) is 11.3 Å². The van der Waals surface area contributed by atoms with E-state index in [0.717, 1.165) is 31.7 Å². The third kappa shape index (κ3) is 2.45. The fourth-order valence-electron chi connectivity index (χ4n) is 2.73. The van der Waals surface area contributed by atoms with Crippen LogP contribution in [0, 0.1) is 24.1 Å². The molecule has 0 aliphatic rings. The number of hydrogen-bond acceptors (Lipinski definition) is 4. The summed E-state index contributed by atoms with van der Waals surface area (Å²) in [6.45, 7) is 1.99. The molecule has 0 radical (unpaired) electrons. The van der Waals surface area contributed by atoms with Crippen molar-refractivity contribution in [1.29, 1.82) is 5.26 Å². The van der Waals surface area contributed by atoms with E-state index in [2.05, 4.69) is 27.5 Å². The van der Waals surface area contributed by atoms with Crippen LogP contribution in [0.15, 0.2) is 42.5 Å². The second kappa shape index (κ2) is 5.55. The van der Waals surface area contributed by atoms with Crippen molar-refractivity contribution in [3.8, 4) is 27.8 Å². The lowest BCUT2D eigenvalue weighted by Crippen LogP contribution is -1.86. The van der Waals surface area contributed by atoms with Crippen molar-refractivity contribution in [1.82, 2.24) is 15.4 Å². The van der Waals surface area contributed by atoms with Crippen LogP contribution in [0.25, 0.3) is 31.8 Å². The molecule has 2 aromatic heterocycles. The number of aryl methyl sites for hydroxylation is 1. The van der Waals surface area contributed by atoms with Gasteiger partial charge in [-0.3, -0.25) is 0 Å². The lowest BCUT2D eigenvalue weighted by Gasteiger charge is -2.04. The van der Waals surface area contributed by atoms with Crippen molar-refractivity contribution in [3.63, 3.8) is 0 Å². The first-order chi connectivity index (χ1) is 11.6. The molecule has 24 heavy (non-hydrogen) atoms. The van der Waals surface area contributed by atoms with Gasteiger partial charge >= 0.3 is 0 Å². The Balaban J connectivity index is 1.87. The Bertz CT molecular complexity index is 1100. The molecule has 6 heteroatoms. The second-order valence-electron chi connectivity index (χ2n) is 5.53. The van der Waals surface area contributed by atoms with Crippen molar-refractivity contribution in [2.45, 2.75) is 6.92 Å². The van der Waals surface area contributed by atoms with Gasteiger partial charge in [-0.25, -0.2) is 9.49 Å². The monoisotopic (exact) mass is 334 g/mol. The molecule has 4 aromatic rings. The maximum atomic E-state index is 13.4. The molecule has 4 rings (SSSR count). The molecule has 0 amide bonds. The van der Waals surface area contributed by atoms with Crippen LogP contribution in [-0.4, -0.2) is 15.4 Å². The molecule has 4 nitrogen and oxygen atoms in total. The number of benzene rings is 2. The summed E-state index contributed by atoms with van der Waals surface area (Å²) in [7, 11) is 0. The van der Waals surface area contributed by atoms with E-state index in [1.54, 1.807) is 17.4 Å². The molecule has 0 aliphatic carbocycles. The molecule has 2 heterocycles. The van der Waals surface area contributed by atoms with E-state index in [1.807, 2.05) is 25.1 Å². The standard InChI is InChI=1S/C18H11FN4S/c1-10-4-11(6-13(5-10)18-15(9-20)21-23-22-18)17-8-12-7-14(19)2-3-16(12)24-17/h2-8H,1H3,(H,21,22,23). The maximum Gasteiger partial charge on any atom is 0.163 e. The highest BCUT2D eigenvalue weighted by Crippen LogP contribution is 2.36. The number of hydrogen-bond donors (Lipinski definition) is 1. The average molecular weight is 334 g/mol. The van der Waals surface area contributed by atoms with E-state index in [9.17, 15) is 4.39 Å². The average Bonchev–Trinajstić information content (AvgIpc) is 3.20. The largest absolute Gasteiger partial charge is 0.247 e. The minimum atomic E-state index is -0.238. The smallest absolute Gasteiger partial charge is 0.163 e. The summed E-state index contributed by atoms with van der Waals surface area (Å²) in [6.07, 6.45) is 0. The number of halogens is 1. The molecule has 2 aromatic carbocycles. The summed E-state index contributed by atoms with van der Waals surface area (Å²) in [6, 6.07) is 14.9. The predicted octanol–water partition coefficient (Wildman–Crippen LogP) is 4.67. The van der Waals surface area contributed by atoms with Gasteiger partial charge in [0.2, 0.25) is 0 Å². The number of aromatic nitrogens is 3. The van der Waals surface area contributed by atoms with E-state index in [0.29, 0.717) is 11.4 Å². The van der Waals surface area contributed by atoms with Crippen molar-refractivity contribution in [2.24, 2.45) is 0 Å². The van der Waals surface area contributed by atoms with Crippen LogP contribution in [0.2, 0.25) is 0 Å². The maximum absolute atomic E-state index is 13.4. The van der Waals surface area contributed by atoms with Crippen molar-refractivity contribution >= 4 is 21.4 Å². The highest BCUT2D eigenvalue weighted by atomic mass is 32.1. The number of nitrogens with one attached hydrogen (secondary N) is 1.